The highest BCUT2D eigenvalue weighted by atomic mass is 79.9. The van der Waals surface area contributed by atoms with Gasteiger partial charge in [0, 0.05) is 16.6 Å². The van der Waals surface area contributed by atoms with Crippen molar-refractivity contribution >= 4 is 28.0 Å². The van der Waals surface area contributed by atoms with Gasteiger partial charge in [-0.15, -0.1) is 0 Å². The quantitative estimate of drug-likeness (QED) is 0.424. The largest absolute Gasteiger partial charge is 0.475 e. The van der Waals surface area contributed by atoms with Gasteiger partial charge in [-0.25, -0.2) is 4.79 Å². The Hall–Kier alpha value is -1.70. The molecule has 4 atom stereocenters. The van der Waals surface area contributed by atoms with Crippen LogP contribution in [0.5, 0.6) is 5.75 Å². The number of rotatable bonds is 3. The smallest absolute Gasteiger partial charge is 0.430 e. The van der Waals surface area contributed by atoms with Crippen LogP contribution in [0.15, 0.2) is 22.2 Å². The van der Waals surface area contributed by atoms with Gasteiger partial charge in [0.25, 0.3) is 0 Å². The second-order valence-electron chi connectivity index (χ2n) is 7.09. The Kier molecular flexibility index (Phi) is 5.36. The van der Waals surface area contributed by atoms with Crippen LogP contribution in [0.2, 0.25) is 0 Å². The Morgan fingerprint density at radius 3 is 2.60 bits per heavy atom. The van der Waals surface area contributed by atoms with E-state index in [4.69, 9.17) is 18.9 Å². The topological polar surface area (TPSA) is 115 Å². The van der Waals surface area contributed by atoms with Gasteiger partial charge in [0.1, 0.15) is 11.9 Å². The number of hydrogen-bond acceptors (Lipinski definition) is 8. The summed E-state index contributed by atoms with van der Waals surface area (Å²) in [5, 5.41) is 28.5. The maximum Gasteiger partial charge on any atom is 0.430 e. The van der Waals surface area contributed by atoms with E-state index in [1.54, 1.807) is 0 Å². The normalized spacial score (nSPS) is 28.4. The van der Waals surface area contributed by atoms with Crippen molar-refractivity contribution in [3.63, 3.8) is 0 Å². The SMILES string of the molecule is O=C(OC1COC2CCOC21)C1=Cc2cc(Br)cc(C(O)(O)O)c2OC1C(F)(F)F. The molecule has 8 nitrogen and oxygen atoms in total. The van der Waals surface area contributed by atoms with Gasteiger partial charge in [-0.05, 0) is 24.6 Å². The zero-order valence-electron chi connectivity index (χ0n) is 15.1. The van der Waals surface area contributed by atoms with Gasteiger partial charge in [0.05, 0.1) is 23.8 Å². The van der Waals surface area contributed by atoms with E-state index in [9.17, 15) is 33.3 Å². The Balaban J connectivity index is 1.70. The Bertz CT molecular complexity index is 895. The second kappa shape index (κ2) is 7.46. The first-order valence-corrected chi connectivity index (χ1v) is 9.64. The molecule has 0 spiro atoms. The highest BCUT2D eigenvalue weighted by molar-refractivity contribution is 9.10. The fraction of sp³-hybridized carbons (Fsp3) is 0.500. The number of fused-ring (bicyclic) bond motifs is 2. The zero-order chi connectivity index (χ0) is 21.8. The van der Waals surface area contributed by atoms with Gasteiger partial charge >= 0.3 is 18.1 Å². The van der Waals surface area contributed by atoms with Gasteiger partial charge in [0.2, 0.25) is 6.10 Å². The molecule has 3 aliphatic rings. The first-order chi connectivity index (χ1) is 13.9. The summed E-state index contributed by atoms with van der Waals surface area (Å²) >= 11 is 3.06. The molecule has 0 saturated carbocycles. The summed E-state index contributed by atoms with van der Waals surface area (Å²) < 4.78 is 62.2. The minimum Gasteiger partial charge on any atom is -0.475 e. The maximum absolute atomic E-state index is 13.7. The Morgan fingerprint density at radius 1 is 1.20 bits per heavy atom. The lowest BCUT2D eigenvalue weighted by Gasteiger charge is -2.31. The minimum atomic E-state index is -5.03. The van der Waals surface area contributed by atoms with Crippen molar-refractivity contribution in [3.8, 4) is 5.75 Å². The van der Waals surface area contributed by atoms with Crippen molar-refractivity contribution in [1.82, 2.24) is 0 Å². The third-order valence-electron chi connectivity index (χ3n) is 4.98. The molecule has 3 aliphatic heterocycles. The molecule has 2 saturated heterocycles. The number of carbonyl (C=O) groups is 1. The van der Waals surface area contributed by atoms with Crippen LogP contribution >= 0.6 is 15.9 Å². The van der Waals surface area contributed by atoms with Crippen LogP contribution in [-0.2, 0) is 25.0 Å². The van der Waals surface area contributed by atoms with E-state index < -0.39 is 53.3 Å². The van der Waals surface area contributed by atoms with Gasteiger partial charge < -0.3 is 34.3 Å². The molecule has 30 heavy (non-hydrogen) atoms. The summed E-state index contributed by atoms with van der Waals surface area (Å²) in [6.07, 6.45) is -7.98. The summed E-state index contributed by atoms with van der Waals surface area (Å²) in [5.74, 6) is -5.36. The number of halogens is 4. The molecule has 0 aromatic heterocycles. The van der Waals surface area contributed by atoms with Crippen molar-refractivity contribution in [2.75, 3.05) is 13.2 Å². The summed E-state index contributed by atoms with van der Waals surface area (Å²) in [4.78, 5) is 12.6. The molecule has 0 radical (unpaired) electrons. The first kappa shape index (κ1) is 21.5. The molecule has 4 rings (SSSR count). The third-order valence-corrected chi connectivity index (χ3v) is 5.44. The molecule has 2 fully saturated rings. The van der Waals surface area contributed by atoms with Gasteiger partial charge in [-0.3, -0.25) is 0 Å². The number of hydrogen-bond donors (Lipinski definition) is 3. The molecule has 4 unspecified atom stereocenters. The molecule has 1 aromatic rings. The minimum absolute atomic E-state index is 0.000234. The molecule has 0 amide bonds. The summed E-state index contributed by atoms with van der Waals surface area (Å²) in [6.45, 7) is 0.399. The van der Waals surface area contributed by atoms with Crippen LogP contribution in [0, 0.1) is 0 Å². The molecule has 1 aromatic carbocycles. The number of alkyl halides is 3. The van der Waals surface area contributed by atoms with Crippen LogP contribution in [0.3, 0.4) is 0 Å². The summed E-state index contributed by atoms with van der Waals surface area (Å²) in [5.41, 5.74) is -1.65. The van der Waals surface area contributed by atoms with Gasteiger partial charge in [0.15, 0.2) is 6.10 Å². The van der Waals surface area contributed by atoms with Crippen molar-refractivity contribution in [2.45, 2.75) is 43.0 Å². The number of aliphatic hydroxyl groups is 3. The molecular formula is C18H16BrF3O8. The molecule has 0 bridgehead atoms. The van der Waals surface area contributed by atoms with E-state index in [-0.39, 0.29) is 22.7 Å². The van der Waals surface area contributed by atoms with E-state index in [1.807, 2.05) is 0 Å². The number of benzene rings is 1. The molecule has 3 N–H and O–H groups in total. The van der Waals surface area contributed by atoms with Crippen molar-refractivity contribution in [3.05, 3.63) is 33.3 Å². The van der Waals surface area contributed by atoms with E-state index in [0.29, 0.717) is 13.0 Å². The lowest BCUT2D eigenvalue weighted by molar-refractivity contribution is -0.324. The van der Waals surface area contributed by atoms with Crippen molar-refractivity contribution in [2.24, 2.45) is 0 Å². The van der Waals surface area contributed by atoms with Crippen molar-refractivity contribution in [1.29, 1.82) is 0 Å². The van der Waals surface area contributed by atoms with E-state index in [1.165, 1.54) is 6.07 Å². The molecule has 164 valence electrons. The van der Waals surface area contributed by atoms with E-state index in [2.05, 4.69) is 15.9 Å². The maximum atomic E-state index is 13.7. The average molecular weight is 497 g/mol. The average Bonchev–Trinajstić information content (AvgIpc) is 3.23. The van der Waals surface area contributed by atoms with Crippen LogP contribution < -0.4 is 4.74 Å². The van der Waals surface area contributed by atoms with Crippen LogP contribution in [0.1, 0.15) is 17.5 Å². The van der Waals surface area contributed by atoms with Gasteiger partial charge in [-0.1, -0.05) is 15.9 Å². The van der Waals surface area contributed by atoms with E-state index in [0.717, 1.165) is 12.1 Å². The Labute approximate surface area is 175 Å². The fourth-order valence-corrected chi connectivity index (χ4v) is 4.15. The van der Waals surface area contributed by atoms with Crippen LogP contribution in [0.4, 0.5) is 13.2 Å². The Morgan fingerprint density at radius 2 is 1.93 bits per heavy atom. The first-order valence-electron chi connectivity index (χ1n) is 8.85. The third kappa shape index (κ3) is 3.95. The molecule has 3 heterocycles. The number of ether oxygens (including phenoxy) is 4. The van der Waals surface area contributed by atoms with Crippen LogP contribution in [0.25, 0.3) is 6.08 Å². The highest BCUT2D eigenvalue weighted by Gasteiger charge is 2.51. The predicted molar refractivity (Wildman–Crippen MR) is 94.9 cm³/mol. The van der Waals surface area contributed by atoms with Crippen LogP contribution in [-0.4, -0.2) is 65.1 Å². The second-order valence-corrected chi connectivity index (χ2v) is 8.00. The van der Waals surface area contributed by atoms with Crippen molar-refractivity contribution < 1.29 is 52.2 Å². The summed E-state index contributed by atoms with van der Waals surface area (Å²) in [6, 6.07) is 2.27. The van der Waals surface area contributed by atoms with E-state index >= 15 is 0 Å². The number of esters is 1. The zero-order valence-corrected chi connectivity index (χ0v) is 16.6. The lowest BCUT2D eigenvalue weighted by atomic mass is 9.98. The monoisotopic (exact) mass is 496 g/mol. The predicted octanol–water partition coefficient (Wildman–Crippen LogP) is 1.34. The lowest BCUT2D eigenvalue weighted by Crippen LogP contribution is -2.43. The standard InChI is InChI=1S/C18H16BrF3O8/c19-8-3-7-4-9(16(23)29-12-6-28-11-1-2-27-14(11)12)15(17(20,21)22)30-13(7)10(5-8)18(24,25)26/h3-5,11-12,14-15,24-26H,1-2,6H2. The molecular weight excluding hydrogens is 481 g/mol. The highest BCUT2D eigenvalue weighted by Crippen LogP contribution is 2.43. The molecule has 0 aliphatic carbocycles. The number of carbonyl (C=O) groups excluding carboxylic acids is 1. The molecule has 12 heteroatoms. The van der Waals surface area contributed by atoms with Gasteiger partial charge in [-0.2, -0.15) is 13.2 Å². The fourth-order valence-electron chi connectivity index (χ4n) is 3.67. The summed E-state index contributed by atoms with van der Waals surface area (Å²) in [7, 11) is 0.